The second-order valence-corrected chi connectivity index (χ2v) is 3.96. The first-order valence-corrected chi connectivity index (χ1v) is 5.06. The zero-order valence-corrected chi connectivity index (χ0v) is 10.4. The average Bonchev–Trinajstić information content (AvgIpc) is 2.49. The van der Waals surface area contributed by atoms with Crippen molar-refractivity contribution < 1.29 is 38.3 Å². The fourth-order valence-electron chi connectivity index (χ4n) is 1.65. The van der Waals surface area contributed by atoms with Crippen LogP contribution in [0.15, 0.2) is 23.1 Å². The van der Waals surface area contributed by atoms with Gasteiger partial charge in [-0.25, -0.2) is 0 Å². The van der Waals surface area contributed by atoms with Crippen LogP contribution in [0.5, 0.6) is 0 Å². The molecule has 4 heteroatoms. The largest absolute Gasteiger partial charge is 1.00 e. The SMILES string of the molecule is O=S([O-])c1ccc2c(c1)CCC2.[Na+]. The summed E-state index contributed by atoms with van der Waals surface area (Å²) >= 11 is -2.07. The molecule has 0 saturated carbocycles. The normalized spacial score (nSPS) is 16.1. The van der Waals surface area contributed by atoms with Gasteiger partial charge in [0.25, 0.3) is 0 Å². The topological polar surface area (TPSA) is 40.1 Å². The van der Waals surface area contributed by atoms with E-state index in [2.05, 4.69) is 0 Å². The predicted octanol–water partition coefficient (Wildman–Crippen LogP) is -1.58. The summed E-state index contributed by atoms with van der Waals surface area (Å²) in [5, 5.41) is 0. The quantitative estimate of drug-likeness (QED) is 0.409. The molecule has 0 aromatic heterocycles. The Balaban J connectivity index is 0.000000845. The second-order valence-electron chi connectivity index (χ2n) is 3.02. The third-order valence-corrected chi connectivity index (χ3v) is 2.90. The smallest absolute Gasteiger partial charge is 0.768 e. The Hall–Kier alpha value is 0.330. The van der Waals surface area contributed by atoms with Gasteiger partial charge in [-0.15, -0.1) is 0 Å². The molecule has 0 N–H and O–H groups in total. The van der Waals surface area contributed by atoms with Gasteiger partial charge in [-0.3, -0.25) is 4.21 Å². The van der Waals surface area contributed by atoms with Gasteiger partial charge < -0.3 is 4.55 Å². The van der Waals surface area contributed by atoms with Gasteiger partial charge in [-0.2, -0.15) is 0 Å². The number of hydrogen-bond acceptors (Lipinski definition) is 2. The van der Waals surface area contributed by atoms with Gasteiger partial charge in [-0.05, 0) is 53.6 Å². The zero-order valence-electron chi connectivity index (χ0n) is 7.58. The Morgan fingerprint density at radius 3 is 2.62 bits per heavy atom. The molecule has 1 aromatic carbocycles. The third-order valence-electron chi connectivity index (χ3n) is 2.26. The van der Waals surface area contributed by atoms with E-state index < -0.39 is 11.1 Å². The number of rotatable bonds is 1. The molecule has 1 atom stereocenters. The van der Waals surface area contributed by atoms with E-state index in [-0.39, 0.29) is 29.6 Å². The van der Waals surface area contributed by atoms with Gasteiger partial charge in [-0.1, -0.05) is 6.07 Å². The van der Waals surface area contributed by atoms with Crippen molar-refractivity contribution in [1.82, 2.24) is 0 Å². The monoisotopic (exact) mass is 204 g/mol. The van der Waals surface area contributed by atoms with Gasteiger partial charge in [0.1, 0.15) is 0 Å². The van der Waals surface area contributed by atoms with E-state index in [0.717, 1.165) is 19.3 Å². The molecule has 64 valence electrons. The molecule has 1 aliphatic carbocycles. The Morgan fingerprint density at radius 2 is 1.92 bits per heavy atom. The zero-order chi connectivity index (χ0) is 8.55. The molecule has 0 saturated heterocycles. The number of hydrogen-bond donors (Lipinski definition) is 0. The van der Waals surface area contributed by atoms with E-state index >= 15 is 0 Å². The molecule has 0 radical (unpaired) electrons. The minimum Gasteiger partial charge on any atom is -0.768 e. The summed E-state index contributed by atoms with van der Waals surface area (Å²) in [6.45, 7) is 0. The Kier molecular flexibility index (Phi) is 4.13. The second kappa shape index (κ2) is 4.71. The number of fused-ring (bicyclic) bond motifs is 1. The van der Waals surface area contributed by atoms with E-state index in [9.17, 15) is 8.76 Å². The summed E-state index contributed by atoms with van der Waals surface area (Å²) in [7, 11) is 0. The Labute approximate surface area is 102 Å². The third kappa shape index (κ3) is 2.42. The summed E-state index contributed by atoms with van der Waals surface area (Å²) in [5.41, 5.74) is 2.51. The minimum atomic E-state index is -2.07. The molecular weight excluding hydrogens is 195 g/mol. The molecule has 1 aliphatic rings. The van der Waals surface area contributed by atoms with Crippen molar-refractivity contribution in [2.75, 3.05) is 0 Å². The van der Waals surface area contributed by atoms with Crippen molar-refractivity contribution in [2.24, 2.45) is 0 Å². The molecule has 0 spiro atoms. The van der Waals surface area contributed by atoms with E-state index in [1.165, 1.54) is 11.1 Å². The van der Waals surface area contributed by atoms with E-state index in [4.69, 9.17) is 0 Å². The van der Waals surface area contributed by atoms with Crippen molar-refractivity contribution in [2.45, 2.75) is 24.2 Å². The molecule has 0 fully saturated rings. The van der Waals surface area contributed by atoms with Gasteiger partial charge in [0.15, 0.2) is 0 Å². The molecule has 13 heavy (non-hydrogen) atoms. The summed E-state index contributed by atoms with van der Waals surface area (Å²) in [4.78, 5) is 0.413. The molecule has 1 aromatic rings. The van der Waals surface area contributed by atoms with Crippen molar-refractivity contribution in [3.05, 3.63) is 29.3 Å². The van der Waals surface area contributed by atoms with Gasteiger partial charge in [0.2, 0.25) is 0 Å². The summed E-state index contributed by atoms with van der Waals surface area (Å²) in [6, 6.07) is 5.38. The maximum absolute atomic E-state index is 10.6. The van der Waals surface area contributed by atoms with Crippen LogP contribution in [-0.4, -0.2) is 8.76 Å². The van der Waals surface area contributed by atoms with Crippen LogP contribution in [0.25, 0.3) is 0 Å². The van der Waals surface area contributed by atoms with Crippen molar-refractivity contribution in [3.8, 4) is 0 Å². The maximum atomic E-state index is 10.6. The number of benzene rings is 1. The Bertz CT molecular complexity index is 338. The molecular formula is C9H9NaO2S. The van der Waals surface area contributed by atoms with Gasteiger partial charge in [0.05, 0.1) is 0 Å². The Morgan fingerprint density at radius 1 is 1.23 bits per heavy atom. The number of aryl methyl sites for hydroxylation is 2. The van der Waals surface area contributed by atoms with Crippen LogP contribution >= 0.6 is 0 Å². The molecule has 0 heterocycles. The van der Waals surface area contributed by atoms with E-state index in [1.54, 1.807) is 12.1 Å². The van der Waals surface area contributed by atoms with Crippen molar-refractivity contribution in [1.29, 1.82) is 0 Å². The molecule has 1 unspecified atom stereocenters. The van der Waals surface area contributed by atoms with Crippen LogP contribution in [0.2, 0.25) is 0 Å². The maximum Gasteiger partial charge on any atom is 1.00 e. The summed E-state index contributed by atoms with van der Waals surface area (Å²) in [6.07, 6.45) is 3.28. The molecule has 2 nitrogen and oxygen atoms in total. The molecule has 2 rings (SSSR count). The van der Waals surface area contributed by atoms with Crippen LogP contribution < -0.4 is 29.6 Å². The first-order valence-electron chi connectivity index (χ1n) is 3.98. The first kappa shape index (κ1) is 11.4. The van der Waals surface area contributed by atoms with Gasteiger partial charge in [0, 0.05) is 4.90 Å². The van der Waals surface area contributed by atoms with Gasteiger partial charge >= 0.3 is 29.6 Å². The predicted molar refractivity (Wildman–Crippen MR) is 45.7 cm³/mol. The summed E-state index contributed by atoms with van der Waals surface area (Å²) < 4.78 is 21.2. The fraction of sp³-hybridized carbons (Fsp3) is 0.333. The minimum absolute atomic E-state index is 0. The summed E-state index contributed by atoms with van der Waals surface area (Å²) in [5.74, 6) is 0. The first-order chi connectivity index (χ1) is 5.77. The van der Waals surface area contributed by atoms with E-state index in [0.29, 0.717) is 4.90 Å². The standard InChI is InChI=1S/C9H10O2S.Na/c10-12(11)9-5-4-7-2-1-3-8(7)6-9;/h4-6H,1-3H2,(H,10,11);/q;+1/p-1. The van der Waals surface area contributed by atoms with Crippen LogP contribution in [0.3, 0.4) is 0 Å². The molecule has 0 amide bonds. The average molecular weight is 204 g/mol. The van der Waals surface area contributed by atoms with Crippen molar-refractivity contribution in [3.63, 3.8) is 0 Å². The van der Waals surface area contributed by atoms with Crippen LogP contribution in [-0.2, 0) is 23.9 Å². The van der Waals surface area contributed by atoms with Crippen molar-refractivity contribution >= 4 is 11.1 Å². The molecule has 0 bridgehead atoms. The van der Waals surface area contributed by atoms with Crippen LogP contribution in [0, 0.1) is 0 Å². The van der Waals surface area contributed by atoms with Crippen LogP contribution in [0.4, 0.5) is 0 Å². The van der Waals surface area contributed by atoms with Crippen LogP contribution in [0.1, 0.15) is 17.5 Å². The fourth-order valence-corrected chi connectivity index (χ4v) is 2.07. The van der Waals surface area contributed by atoms with E-state index in [1.807, 2.05) is 6.07 Å². The molecule has 0 aliphatic heterocycles.